The van der Waals surface area contributed by atoms with Crippen LogP contribution in [0.3, 0.4) is 0 Å². The third-order valence-electron chi connectivity index (χ3n) is 4.24. The monoisotopic (exact) mass is 475 g/mol. The topological polar surface area (TPSA) is 104 Å². The van der Waals surface area contributed by atoms with E-state index in [0.29, 0.717) is 5.56 Å². The van der Waals surface area contributed by atoms with Crippen LogP contribution in [0.25, 0.3) is 0 Å². The molecule has 12 heteroatoms. The van der Waals surface area contributed by atoms with Gasteiger partial charge in [-0.2, -0.15) is 5.10 Å². The zero-order valence-electron chi connectivity index (χ0n) is 17.2. The van der Waals surface area contributed by atoms with Crippen molar-refractivity contribution in [2.24, 2.45) is 5.10 Å². The highest BCUT2D eigenvalue weighted by molar-refractivity contribution is 7.17. The third kappa shape index (κ3) is 5.60. The number of benzene rings is 2. The van der Waals surface area contributed by atoms with Gasteiger partial charge in [-0.1, -0.05) is 29.5 Å². The number of nitrogens with zero attached hydrogens (tertiary/aromatic N) is 3. The van der Waals surface area contributed by atoms with Gasteiger partial charge in [-0.05, 0) is 36.8 Å². The summed E-state index contributed by atoms with van der Waals surface area (Å²) in [6.45, 7) is 1.53. The van der Waals surface area contributed by atoms with Gasteiger partial charge in [0.1, 0.15) is 27.9 Å². The van der Waals surface area contributed by atoms with E-state index in [1.54, 1.807) is 0 Å². The zero-order valence-corrected chi connectivity index (χ0v) is 18.0. The van der Waals surface area contributed by atoms with Gasteiger partial charge >= 0.3 is 6.03 Å². The average Bonchev–Trinajstić information content (AvgIpc) is 3.16. The molecule has 1 heterocycles. The standard InChI is InChI=1S/C21H16F3N5O3S/c1-11-17(19(31)28-25-10-12-6-8-13(22)9-7-12)33-21(26-11)29(2)20(32)27-18(30)16-14(23)4-3-5-15(16)24/h3-10H,1-2H3,(H,28,31)(H,27,30,32)/b25-10+. The van der Waals surface area contributed by atoms with Gasteiger partial charge in [0.15, 0.2) is 5.13 Å². The Morgan fingerprint density at radius 2 is 1.67 bits per heavy atom. The molecule has 4 amide bonds. The van der Waals surface area contributed by atoms with Gasteiger partial charge < -0.3 is 0 Å². The van der Waals surface area contributed by atoms with Crippen LogP contribution in [0.5, 0.6) is 0 Å². The SMILES string of the molecule is Cc1nc(N(C)C(=O)NC(=O)c2c(F)cccc2F)sc1C(=O)N/N=C/c1ccc(F)cc1. The smallest absolute Gasteiger partial charge is 0.273 e. The van der Waals surface area contributed by atoms with Gasteiger partial charge in [0.2, 0.25) is 0 Å². The fraction of sp³-hybridized carbons (Fsp3) is 0.0952. The molecule has 0 bridgehead atoms. The number of hydrogen-bond acceptors (Lipinski definition) is 6. The molecule has 0 saturated heterocycles. The number of nitrogens with one attached hydrogen (secondary N) is 2. The number of hydrazone groups is 1. The molecule has 0 aliphatic carbocycles. The number of halogens is 3. The van der Waals surface area contributed by atoms with E-state index in [2.05, 4.69) is 15.5 Å². The van der Waals surface area contributed by atoms with Gasteiger partial charge in [0.25, 0.3) is 11.8 Å². The van der Waals surface area contributed by atoms with E-state index >= 15 is 0 Å². The van der Waals surface area contributed by atoms with Gasteiger partial charge in [-0.15, -0.1) is 0 Å². The largest absolute Gasteiger partial charge is 0.330 e. The number of thiazole rings is 1. The first-order valence-corrected chi connectivity index (χ1v) is 10.1. The molecule has 170 valence electrons. The molecule has 3 aromatic rings. The highest BCUT2D eigenvalue weighted by Gasteiger charge is 2.24. The Kier molecular flexibility index (Phi) is 7.18. The lowest BCUT2D eigenvalue weighted by Gasteiger charge is -2.14. The summed E-state index contributed by atoms with van der Waals surface area (Å²) in [6.07, 6.45) is 1.32. The molecule has 0 aliphatic rings. The number of anilines is 1. The second-order valence-electron chi connectivity index (χ2n) is 6.58. The molecule has 0 aliphatic heterocycles. The maximum absolute atomic E-state index is 13.7. The summed E-state index contributed by atoms with van der Waals surface area (Å²) in [5.74, 6) is -4.50. The van der Waals surface area contributed by atoms with E-state index in [4.69, 9.17) is 0 Å². The predicted molar refractivity (Wildman–Crippen MR) is 116 cm³/mol. The van der Waals surface area contributed by atoms with Crippen LogP contribution in [0.1, 0.15) is 31.3 Å². The minimum atomic E-state index is -1.26. The van der Waals surface area contributed by atoms with Gasteiger partial charge in [-0.3, -0.25) is 19.8 Å². The highest BCUT2D eigenvalue weighted by Crippen LogP contribution is 2.25. The number of rotatable bonds is 5. The number of imide groups is 1. The Morgan fingerprint density at radius 1 is 1.03 bits per heavy atom. The molecule has 8 nitrogen and oxygen atoms in total. The number of carbonyl (C=O) groups is 3. The summed E-state index contributed by atoms with van der Waals surface area (Å²) in [5.41, 5.74) is 2.25. The van der Waals surface area contributed by atoms with Crippen LogP contribution in [0, 0.1) is 24.4 Å². The summed E-state index contributed by atoms with van der Waals surface area (Å²) in [5, 5.41) is 5.72. The summed E-state index contributed by atoms with van der Waals surface area (Å²) < 4.78 is 40.4. The second-order valence-corrected chi connectivity index (χ2v) is 7.55. The maximum atomic E-state index is 13.7. The lowest BCUT2D eigenvalue weighted by molar-refractivity contribution is 0.0948. The first kappa shape index (κ1) is 23.6. The number of aryl methyl sites for hydroxylation is 1. The van der Waals surface area contributed by atoms with Gasteiger partial charge in [0.05, 0.1) is 11.9 Å². The van der Waals surface area contributed by atoms with E-state index in [0.717, 1.165) is 34.4 Å². The number of aromatic nitrogens is 1. The molecule has 33 heavy (non-hydrogen) atoms. The zero-order chi connectivity index (χ0) is 24.1. The molecule has 2 aromatic carbocycles. The normalized spacial score (nSPS) is 10.8. The van der Waals surface area contributed by atoms with E-state index in [1.165, 1.54) is 44.5 Å². The fourth-order valence-corrected chi connectivity index (χ4v) is 3.46. The second kappa shape index (κ2) is 10.0. The van der Waals surface area contributed by atoms with Crippen LogP contribution in [-0.2, 0) is 0 Å². The molecule has 0 radical (unpaired) electrons. The number of carbonyl (C=O) groups excluding carboxylic acids is 3. The van der Waals surface area contributed by atoms with Crippen LogP contribution >= 0.6 is 11.3 Å². The quantitative estimate of drug-likeness (QED) is 0.435. The molecule has 0 atom stereocenters. The van der Waals surface area contributed by atoms with Crippen molar-refractivity contribution >= 4 is 40.5 Å². The van der Waals surface area contributed by atoms with Crippen molar-refractivity contribution in [3.8, 4) is 0 Å². The molecule has 0 unspecified atom stereocenters. The summed E-state index contributed by atoms with van der Waals surface area (Å²) in [6, 6.07) is 7.30. The van der Waals surface area contributed by atoms with Crippen LogP contribution in [-0.4, -0.2) is 36.1 Å². The molecule has 0 spiro atoms. The van der Waals surface area contributed by atoms with Gasteiger partial charge in [0, 0.05) is 7.05 Å². The Bertz CT molecular complexity index is 1220. The molecule has 3 rings (SSSR count). The molecule has 1 aromatic heterocycles. The van der Waals surface area contributed by atoms with Gasteiger partial charge in [-0.25, -0.2) is 28.4 Å². The van der Waals surface area contributed by atoms with Crippen molar-refractivity contribution in [3.63, 3.8) is 0 Å². The average molecular weight is 475 g/mol. The molecule has 0 fully saturated rings. The number of hydrogen-bond donors (Lipinski definition) is 2. The van der Waals surface area contributed by atoms with Crippen molar-refractivity contribution in [1.29, 1.82) is 0 Å². The van der Waals surface area contributed by atoms with E-state index in [-0.39, 0.29) is 15.7 Å². The summed E-state index contributed by atoms with van der Waals surface area (Å²) >= 11 is 0.840. The van der Waals surface area contributed by atoms with Crippen LogP contribution in [0.15, 0.2) is 47.6 Å². The minimum Gasteiger partial charge on any atom is -0.273 e. The molecule has 2 N–H and O–H groups in total. The Hall–Kier alpha value is -4.06. The van der Waals surface area contributed by atoms with Crippen molar-refractivity contribution in [1.82, 2.24) is 15.7 Å². The van der Waals surface area contributed by atoms with E-state index in [9.17, 15) is 27.6 Å². The number of urea groups is 1. The van der Waals surface area contributed by atoms with Crippen molar-refractivity contribution in [3.05, 3.63) is 81.6 Å². The first-order chi connectivity index (χ1) is 15.7. The van der Waals surface area contributed by atoms with Crippen molar-refractivity contribution in [2.75, 3.05) is 11.9 Å². The van der Waals surface area contributed by atoms with Crippen molar-refractivity contribution in [2.45, 2.75) is 6.92 Å². The Balaban J connectivity index is 1.66. The van der Waals surface area contributed by atoms with Crippen molar-refractivity contribution < 1.29 is 27.6 Å². The highest BCUT2D eigenvalue weighted by atomic mass is 32.1. The lowest BCUT2D eigenvalue weighted by atomic mass is 10.2. The van der Waals surface area contributed by atoms with Crippen LogP contribution in [0.2, 0.25) is 0 Å². The molecular weight excluding hydrogens is 459 g/mol. The lowest BCUT2D eigenvalue weighted by Crippen LogP contribution is -2.41. The predicted octanol–water partition coefficient (Wildman–Crippen LogP) is 3.62. The molecular formula is C21H16F3N5O3S. The van der Waals surface area contributed by atoms with Crippen LogP contribution in [0.4, 0.5) is 23.1 Å². The first-order valence-electron chi connectivity index (χ1n) is 9.27. The Labute approximate surface area is 189 Å². The number of amides is 4. The minimum absolute atomic E-state index is 0.0551. The molecule has 0 saturated carbocycles. The fourth-order valence-electron chi connectivity index (χ4n) is 2.55. The van der Waals surface area contributed by atoms with E-state index < -0.39 is 40.9 Å². The third-order valence-corrected chi connectivity index (χ3v) is 5.48. The maximum Gasteiger partial charge on any atom is 0.330 e. The Morgan fingerprint density at radius 3 is 2.30 bits per heavy atom. The summed E-state index contributed by atoms with van der Waals surface area (Å²) in [4.78, 5) is 42.0. The summed E-state index contributed by atoms with van der Waals surface area (Å²) in [7, 11) is 1.27. The van der Waals surface area contributed by atoms with Crippen LogP contribution < -0.4 is 15.6 Å². The van der Waals surface area contributed by atoms with E-state index in [1.807, 2.05) is 5.32 Å².